The molecule has 0 amide bonds. The average Bonchev–Trinajstić information content (AvgIpc) is 1.56. The van der Waals surface area contributed by atoms with Crippen molar-refractivity contribution in [1.29, 1.82) is 0 Å². The molecule has 18 aromatic carbocycles. The summed E-state index contributed by atoms with van der Waals surface area (Å²) in [6.07, 6.45) is 0. The average molecular weight is 1690 g/mol. The van der Waals surface area contributed by atoms with Gasteiger partial charge in [0.25, 0.3) is 0 Å². The first-order valence-electron chi connectivity index (χ1n) is 46.7. The van der Waals surface area contributed by atoms with Crippen molar-refractivity contribution < 1.29 is 0 Å². The first-order chi connectivity index (χ1) is 63.2. The zero-order valence-electron chi connectivity index (χ0n) is 77.5. The number of hydrogen-bond donors (Lipinski definition) is 4. The van der Waals surface area contributed by atoms with Crippen molar-refractivity contribution in [3.8, 4) is 100 Å². The van der Waals surface area contributed by atoms with Gasteiger partial charge in [-0.3, -0.25) is 0 Å². The van der Waals surface area contributed by atoms with Gasteiger partial charge in [-0.1, -0.05) is 388 Å². The van der Waals surface area contributed by atoms with Gasteiger partial charge in [0.05, 0.1) is 0 Å². The van der Waals surface area contributed by atoms with Crippen LogP contribution in [0.2, 0.25) is 0 Å². The Morgan fingerprint density at radius 3 is 0.771 bits per heavy atom. The third-order valence-electron chi connectivity index (χ3n) is 30.4. The van der Waals surface area contributed by atoms with Gasteiger partial charge < -0.3 is 21.3 Å². The quantitative estimate of drug-likeness (QED) is 0.110. The van der Waals surface area contributed by atoms with Gasteiger partial charge >= 0.3 is 0 Å². The maximum atomic E-state index is 3.84. The highest BCUT2D eigenvalue weighted by atomic mass is 14.9. The van der Waals surface area contributed by atoms with Crippen molar-refractivity contribution in [2.75, 3.05) is 21.3 Å². The van der Waals surface area contributed by atoms with E-state index in [-0.39, 0.29) is 37.9 Å². The Labute approximate surface area is 773 Å². The van der Waals surface area contributed by atoms with Crippen LogP contribution in [0.15, 0.2) is 388 Å². The molecule has 0 atom stereocenters. The Morgan fingerprint density at radius 2 is 0.374 bits per heavy atom. The van der Waals surface area contributed by atoms with E-state index in [2.05, 4.69) is 500 Å². The van der Waals surface area contributed by atoms with Crippen LogP contribution >= 0.6 is 0 Å². The maximum Gasteiger partial charge on any atom is 0.0467 e. The number of fused-ring (bicyclic) bond motifs is 23. The second-order valence-electron chi connectivity index (χ2n) is 40.7. The summed E-state index contributed by atoms with van der Waals surface area (Å²) in [6.45, 7) is 32.7. The van der Waals surface area contributed by atoms with E-state index in [0.29, 0.717) is 0 Å². The molecule has 25 rings (SSSR count). The molecule has 0 unspecified atom stereocenters. The Bertz CT molecular complexity index is 7550. The summed E-state index contributed by atoms with van der Waals surface area (Å²) < 4.78 is 0. The summed E-state index contributed by atoms with van der Waals surface area (Å²) in [5.74, 6) is 0. The molecule has 0 saturated carbocycles. The van der Waals surface area contributed by atoms with E-state index in [1.807, 2.05) is 6.07 Å². The van der Waals surface area contributed by atoms with Crippen LogP contribution in [0.3, 0.4) is 0 Å². The maximum absolute atomic E-state index is 3.84. The smallest absolute Gasteiger partial charge is 0.0467 e. The van der Waals surface area contributed by atoms with Crippen LogP contribution in [-0.4, -0.2) is 0 Å². The SMILES string of the molecule is CC1(C)c2ccccc2-c2cc(Nc3ccc(-c4ccc5c(c4)C(C)(C)c4ccccc4-5)cc3)ccc21.CC1(C)c2ccccc2-c2ccc(Nc3cc4c(c5ccccc35)-c3ccccc3C4(C)C)cc21.CC1(C)c2ccccc2-c2ccc(Nc3ccc(-c4ccccc4)cc3)cc21.CC1(C)c2ccccc2-c2ccc(Nc3ccc4c(c3)C(C)(C)c3ccccc3-4)cc21. The van der Waals surface area contributed by atoms with Crippen LogP contribution in [0.5, 0.6) is 0 Å². The number of rotatable bonds is 10. The fourth-order valence-corrected chi connectivity index (χ4v) is 23.2. The van der Waals surface area contributed by atoms with Gasteiger partial charge in [0, 0.05) is 88.8 Å². The molecule has 0 aromatic heterocycles. The number of anilines is 8. The van der Waals surface area contributed by atoms with E-state index in [1.54, 1.807) is 0 Å². The normalized spacial score (nSPS) is 15.4. The van der Waals surface area contributed by atoms with Crippen LogP contribution in [0.4, 0.5) is 45.5 Å². The second-order valence-corrected chi connectivity index (χ2v) is 40.7. The highest BCUT2D eigenvalue weighted by Gasteiger charge is 2.43. The van der Waals surface area contributed by atoms with E-state index in [1.165, 1.54) is 194 Å². The Hall–Kier alpha value is -14.6. The van der Waals surface area contributed by atoms with Gasteiger partial charge in [-0.25, -0.2) is 0 Å². The molecule has 0 spiro atoms. The zero-order chi connectivity index (χ0) is 89.8. The van der Waals surface area contributed by atoms with E-state index >= 15 is 0 Å². The molecule has 0 bridgehead atoms. The summed E-state index contributed by atoms with van der Waals surface area (Å²) in [4.78, 5) is 0. The van der Waals surface area contributed by atoms with Crippen molar-refractivity contribution in [3.05, 3.63) is 466 Å². The van der Waals surface area contributed by atoms with Crippen LogP contribution < -0.4 is 21.3 Å². The first-order valence-corrected chi connectivity index (χ1v) is 46.7. The predicted molar refractivity (Wildman–Crippen MR) is 556 cm³/mol. The van der Waals surface area contributed by atoms with Crippen LogP contribution in [-0.2, 0) is 37.9 Å². The Morgan fingerprint density at radius 1 is 0.137 bits per heavy atom. The minimum absolute atomic E-state index is 0.00669. The van der Waals surface area contributed by atoms with Gasteiger partial charge in [-0.15, -0.1) is 0 Å². The summed E-state index contributed by atoms with van der Waals surface area (Å²) >= 11 is 0. The van der Waals surface area contributed by atoms with Crippen molar-refractivity contribution in [1.82, 2.24) is 0 Å². The van der Waals surface area contributed by atoms with Crippen molar-refractivity contribution in [3.63, 3.8) is 0 Å². The molecular formula is C127H110N4. The molecular weight excluding hydrogens is 1580 g/mol. The molecule has 4 heteroatoms. The minimum atomic E-state index is -0.0338. The highest BCUT2D eigenvalue weighted by Crippen LogP contribution is 2.59. The van der Waals surface area contributed by atoms with Crippen molar-refractivity contribution in [2.45, 2.75) is 135 Å². The fraction of sp³-hybridized carbons (Fsp3) is 0.165. The molecule has 4 N–H and O–H groups in total. The molecule has 0 saturated heterocycles. The second kappa shape index (κ2) is 30.8. The highest BCUT2D eigenvalue weighted by molar-refractivity contribution is 6.09. The topological polar surface area (TPSA) is 48.1 Å². The van der Waals surface area contributed by atoms with Crippen molar-refractivity contribution in [2.24, 2.45) is 0 Å². The predicted octanol–water partition coefficient (Wildman–Crippen LogP) is 34.4. The van der Waals surface area contributed by atoms with Gasteiger partial charge in [0.2, 0.25) is 0 Å². The van der Waals surface area contributed by atoms with Gasteiger partial charge in [0.15, 0.2) is 0 Å². The summed E-state index contributed by atoms with van der Waals surface area (Å²) in [7, 11) is 0. The molecule has 0 fully saturated rings. The molecule has 131 heavy (non-hydrogen) atoms. The van der Waals surface area contributed by atoms with Gasteiger partial charge in [-0.05, 0) is 280 Å². The molecule has 0 heterocycles. The molecule has 638 valence electrons. The number of benzene rings is 18. The third-order valence-corrected chi connectivity index (χ3v) is 30.4. The Balaban J connectivity index is 0.000000103. The number of nitrogens with one attached hydrogen (secondary N) is 4. The van der Waals surface area contributed by atoms with Crippen LogP contribution in [0.1, 0.15) is 175 Å². The van der Waals surface area contributed by atoms with Crippen LogP contribution in [0, 0.1) is 0 Å². The first kappa shape index (κ1) is 82.1. The fourth-order valence-electron chi connectivity index (χ4n) is 23.2. The monoisotopic (exact) mass is 1690 g/mol. The summed E-state index contributed by atoms with van der Waals surface area (Å²) in [6, 6.07) is 142. The standard InChI is InChI=1S/C36H31N.C34H29N.C30H27N.C27H23N/c1-35(2)32-12-8-6-10-28(32)30-22-26(18-20-33(30)35)37-25-16-13-23(14-17-25)24-15-19-29-27-9-5-7-11-31(27)36(3,4)34(29)21-24;1-33(2)27-15-9-7-11-22(27)23-18-17-21(19-29(23)33)35-31-20-30-32(25-13-6-5-12-24(25)31)26-14-8-10-16-28(26)34(30,3)4;1-29(2)25-11-7-5-9-21(25)23-15-13-19(17-27(23)29)31-20-14-16-24-22-10-6-8-12-26(22)30(3,4)28(24)18-20;1-27(2)25-11-7-6-10-23(25)24-17-16-22(18-26(24)27)28-21-14-12-20(13-15-21)19-8-4-3-5-9-19/h5-22,37H,1-4H3;5-20,35H,1-4H3;5-18,31H,1-4H3;3-18,28H,1-2H3. The van der Waals surface area contributed by atoms with Gasteiger partial charge in [0.1, 0.15) is 0 Å². The largest absolute Gasteiger partial charge is 0.356 e. The summed E-state index contributed by atoms with van der Waals surface area (Å²) in [5.41, 5.74) is 52.9. The van der Waals surface area contributed by atoms with Crippen molar-refractivity contribution >= 4 is 56.3 Å². The zero-order valence-corrected chi connectivity index (χ0v) is 77.5. The molecule has 4 nitrogen and oxygen atoms in total. The van der Waals surface area contributed by atoms with E-state index in [4.69, 9.17) is 0 Å². The molecule has 0 radical (unpaired) electrons. The lowest BCUT2D eigenvalue weighted by Crippen LogP contribution is -2.15. The van der Waals surface area contributed by atoms with Crippen LogP contribution in [0.25, 0.3) is 111 Å². The summed E-state index contributed by atoms with van der Waals surface area (Å²) in [5, 5.41) is 17.3. The molecule has 7 aliphatic carbocycles. The lowest BCUT2D eigenvalue weighted by atomic mass is 9.81. The van der Waals surface area contributed by atoms with Gasteiger partial charge in [-0.2, -0.15) is 0 Å². The molecule has 0 aliphatic heterocycles. The minimum Gasteiger partial charge on any atom is -0.356 e. The van der Waals surface area contributed by atoms with E-state index in [9.17, 15) is 0 Å². The van der Waals surface area contributed by atoms with E-state index < -0.39 is 0 Å². The Kier molecular flexibility index (Phi) is 19.3. The van der Waals surface area contributed by atoms with E-state index in [0.717, 1.165) is 39.8 Å². The lowest BCUT2D eigenvalue weighted by Gasteiger charge is -2.24. The molecule has 18 aromatic rings. The third kappa shape index (κ3) is 13.5. The lowest BCUT2D eigenvalue weighted by molar-refractivity contribution is 0.660. The molecule has 7 aliphatic rings. The number of hydrogen-bond acceptors (Lipinski definition) is 4.